The number of aromatic nitrogens is 1. The zero-order chi connectivity index (χ0) is 14.4. The van der Waals surface area contributed by atoms with Crippen molar-refractivity contribution in [3.05, 3.63) is 24.0 Å². The van der Waals surface area contributed by atoms with Crippen molar-refractivity contribution < 1.29 is 0 Å². The van der Waals surface area contributed by atoms with Gasteiger partial charge in [-0.05, 0) is 43.9 Å². The van der Waals surface area contributed by atoms with Gasteiger partial charge in [0.25, 0.3) is 0 Å². The van der Waals surface area contributed by atoms with Gasteiger partial charge in [0.1, 0.15) is 0 Å². The third kappa shape index (κ3) is 3.72. The zero-order valence-corrected chi connectivity index (χ0v) is 13.2. The largest absolute Gasteiger partial charge is 0.370 e. The number of hydrogen-bond donors (Lipinski definition) is 1. The lowest BCUT2D eigenvalue weighted by atomic mass is 10.0. The highest BCUT2D eigenvalue weighted by molar-refractivity contribution is 5.45. The fourth-order valence-electron chi connectivity index (χ4n) is 3.21. The van der Waals surface area contributed by atoms with E-state index in [1.807, 2.05) is 0 Å². The summed E-state index contributed by atoms with van der Waals surface area (Å²) in [5.74, 6) is 0.879. The van der Waals surface area contributed by atoms with Gasteiger partial charge >= 0.3 is 0 Å². The third-order valence-electron chi connectivity index (χ3n) is 4.33. The molecule has 1 aliphatic heterocycles. The second-order valence-electron chi connectivity index (χ2n) is 5.85. The van der Waals surface area contributed by atoms with Gasteiger partial charge in [0, 0.05) is 19.1 Å². The van der Waals surface area contributed by atoms with Gasteiger partial charge in [-0.1, -0.05) is 27.2 Å². The topological polar surface area (TPSA) is 28.2 Å². The Balaban J connectivity index is 1.98. The molecule has 2 unspecified atom stereocenters. The highest BCUT2D eigenvalue weighted by Crippen LogP contribution is 2.26. The molecule has 2 rings (SSSR count). The number of nitrogens with zero attached hydrogens (tertiary/aromatic N) is 2. The maximum absolute atomic E-state index is 4.68. The lowest BCUT2D eigenvalue weighted by molar-refractivity contribution is 0.524. The number of pyridine rings is 1. The molecule has 0 bridgehead atoms. The smallest absolute Gasteiger partial charge is 0.0574 e. The second-order valence-corrected chi connectivity index (χ2v) is 5.85. The van der Waals surface area contributed by atoms with E-state index in [0.29, 0.717) is 6.04 Å². The average molecular weight is 275 g/mol. The van der Waals surface area contributed by atoms with Gasteiger partial charge in [-0.2, -0.15) is 0 Å². The Kier molecular flexibility index (Phi) is 5.84. The summed E-state index contributed by atoms with van der Waals surface area (Å²) in [6.07, 6.45) is 7.15. The molecule has 0 amide bonds. The molecule has 1 aliphatic rings. The Morgan fingerprint density at radius 3 is 2.80 bits per heavy atom. The molecule has 3 heteroatoms. The molecule has 1 aromatic heterocycles. The lowest BCUT2D eigenvalue weighted by Crippen LogP contribution is -2.22. The van der Waals surface area contributed by atoms with E-state index in [0.717, 1.165) is 18.9 Å². The molecule has 0 aliphatic carbocycles. The summed E-state index contributed by atoms with van der Waals surface area (Å²) in [5.41, 5.74) is 2.46. The van der Waals surface area contributed by atoms with Crippen LogP contribution in [0.4, 0.5) is 5.69 Å². The third-order valence-corrected chi connectivity index (χ3v) is 4.33. The summed E-state index contributed by atoms with van der Waals surface area (Å²) >= 11 is 0. The Morgan fingerprint density at radius 1 is 1.35 bits per heavy atom. The average Bonchev–Trinajstić information content (AvgIpc) is 2.94. The van der Waals surface area contributed by atoms with Gasteiger partial charge in [0.15, 0.2) is 0 Å². The molecule has 20 heavy (non-hydrogen) atoms. The maximum Gasteiger partial charge on any atom is 0.0574 e. The minimum Gasteiger partial charge on any atom is -0.370 e. The standard InChI is InChI=1S/C17H29N3/c1-4-7-14-10-11-20(13-14)15-8-9-17(19-12-15)16(5-2)18-6-3/h8-9,12,14,16,18H,4-7,10-11,13H2,1-3H3. The number of rotatable bonds is 7. The van der Waals surface area contributed by atoms with E-state index in [1.165, 1.54) is 43.7 Å². The Bertz CT molecular complexity index is 388. The number of hydrogen-bond acceptors (Lipinski definition) is 3. The van der Waals surface area contributed by atoms with Crippen LogP contribution in [-0.4, -0.2) is 24.6 Å². The molecule has 0 saturated carbocycles. The highest BCUT2D eigenvalue weighted by atomic mass is 15.2. The van der Waals surface area contributed by atoms with Gasteiger partial charge in [-0.25, -0.2) is 0 Å². The summed E-state index contributed by atoms with van der Waals surface area (Å²) in [5, 5.41) is 3.49. The van der Waals surface area contributed by atoms with Crippen molar-refractivity contribution in [2.24, 2.45) is 5.92 Å². The molecule has 112 valence electrons. The Morgan fingerprint density at radius 2 is 2.20 bits per heavy atom. The first-order valence-corrected chi connectivity index (χ1v) is 8.22. The van der Waals surface area contributed by atoms with Gasteiger partial charge in [-0.3, -0.25) is 4.98 Å². The van der Waals surface area contributed by atoms with Crippen molar-refractivity contribution in [3.8, 4) is 0 Å². The minimum absolute atomic E-state index is 0.389. The molecular weight excluding hydrogens is 246 g/mol. The predicted octanol–water partition coefficient (Wildman–Crippen LogP) is 3.77. The van der Waals surface area contributed by atoms with Crippen LogP contribution in [-0.2, 0) is 0 Å². The molecule has 0 aromatic carbocycles. The van der Waals surface area contributed by atoms with Gasteiger partial charge < -0.3 is 10.2 Å². The van der Waals surface area contributed by atoms with Crippen LogP contribution in [0, 0.1) is 5.92 Å². The molecule has 1 aromatic rings. The van der Waals surface area contributed by atoms with E-state index >= 15 is 0 Å². The predicted molar refractivity (Wildman–Crippen MR) is 86.2 cm³/mol. The van der Waals surface area contributed by atoms with Crippen molar-refractivity contribution in [3.63, 3.8) is 0 Å². The maximum atomic E-state index is 4.68. The van der Waals surface area contributed by atoms with Gasteiger partial charge in [0.05, 0.1) is 17.6 Å². The van der Waals surface area contributed by atoms with Gasteiger partial charge in [-0.15, -0.1) is 0 Å². The van der Waals surface area contributed by atoms with Crippen LogP contribution in [0.3, 0.4) is 0 Å². The molecule has 2 atom stereocenters. The molecule has 0 spiro atoms. The monoisotopic (exact) mass is 275 g/mol. The van der Waals surface area contributed by atoms with Crippen LogP contribution < -0.4 is 10.2 Å². The van der Waals surface area contributed by atoms with E-state index in [1.54, 1.807) is 0 Å². The van der Waals surface area contributed by atoms with Crippen LogP contribution in [0.1, 0.15) is 58.2 Å². The minimum atomic E-state index is 0.389. The summed E-state index contributed by atoms with van der Waals surface area (Å²) in [6.45, 7) is 10.0. The van der Waals surface area contributed by atoms with Crippen LogP contribution in [0.2, 0.25) is 0 Å². The van der Waals surface area contributed by atoms with E-state index in [9.17, 15) is 0 Å². The van der Waals surface area contributed by atoms with Gasteiger partial charge in [0.2, 0.25) is 0 Å². The first kappa shape index (κ1) is 15.3. The highest BCUT2D eigenvalue weighted by Gasteiger charge is 2.22. The Labute approximate surface area is 123 Å². The summed E-state index contributed by atoms with van der Waals surface area (Å²) in [6, 6.07) is 4.83. The molecule has 3 nitrogen and oxygen atoms in total. The molecule has 0 radical (unpaired) electrons. The quantitative estimate of drug-likeness (QED) is 0.821. The van der Waals surface area contributed by atoms with Crippen molar-refractivity contribution in [2.45, 2.75) is 52.5 Å². The van der Waals surface area contributed by atoms with Crippen molar-refractivity contribution in [2.75, 3.05) is 24.5 Å². The van der Waals surface area contributed by atoms with Crippen molar-refractivity contribution in [1.82, 2.24) is 10.3 Å². The fourth-order valence-corrected chi connectivity index (χ4v) is 3.21. The second kappa shape index (κ2) is 7.63. The van der Waals surface area contributed by atoms with Crippen LogP contribution in [0.25, 0.3) is 0 Å². The molecule has 1 fully saturated rings. The molecule has 1 N–H and O–H groups in total. The van der Waals surface area contributed by atoms with Crippen molar-refractivity contribution >= 4 is 5.69 Å². The molecule has 2 heterocycles. The Hall–Kier alpha value is -1.09. The summed E-state index contributed by atoms with van der Waals surface area (Å²) < 4.78 is 0. The molecule has 1 saturated heterocycles. The normalized spacial score (nSPS) is 20.4. The van der Waals surface area contributed by atoms with E-state index < -0.39 is 0 Å². The first-order valence-electron chi connectivity index (χ1n) is 8.22. The van der Waals surface area contributed by atoms with Crippen LogP contribution >= 0.6 is 0 Å². The fraction of sp³-hybridized carbons (Fsp3) is 0.706. The lowest BCUT2D eigenvalue weighted by Gasteiger charge is -2.20. The zero-order valence-electron chi connectivity index (χ0n) is 13.2. The van der Waals surface area contributed by atoms with E-state index in [2.05, 4.69) is 54.3 Å². The summed E-state index contributed by atoms with van der Waals surface area (Å²) in [4.78, 5) is 7.17. The van der Waals surface area contributed by atoms with E-state index in [4.69, 9.17) is 0 Å². The van der Waals surface area contributed by atoms with E-state index in [-0.39, 0.29) is 0 Å². The molecular formula is C17H29N3. The van der Waals surface area contributed by atoms with Crippen LogP contribution in [0.15, 0.2) is 18.3 Å². The SMILES string of the molecule is CCCC1CCN(c2ccc(C(CC)NCC)nc2)C1. The van der Waals surface area contributed by atoms with Crippen LogP contribution in [0.5, 0.6) is 0 Å². The first-order chi connectivity index (χ1) is 9.78. The summed E-state index contributed by atoms with van der Waals surface area (Å²) in [7, 11) is 0. The van der Waals surface area contributed by atoms with Crippen molar-refractivity contribution in [1.29, 1.82) is 0 Å². The number of anilines is 1. The number of nitrogens with one attached hydrogen (secondary N) is 1.